The molecule has 0 spiro atoms. The molecule has 138 valence electrons. The van der Waals surface area contributed by atoms with Crippen LogP contribution in [0, 0.1) is 0 Å². The Bertz CT molecular complexity index is 1130. The Morgan fingerprint density at radius 3 is 2.39 bits per heavy atom. The first-order chi connectivity index (χ1) is 13.6. The topological polar surface area (TPSA) is 95.3 Å². The number of fused-ring (bicyclic) bond motifs is 1. The van der Waals surface area contributed by atoms with Gasteiger partial charge in [0.15, 0.2) is 0 Å². The van der Waals surface area contributed by atoms with E-state index in [4.69, 9.17) is 5.11 Å². The van der Waals surface area contributed by atoms with Crippen LogP contribution in [0.15, 0.2) is 79.1 Å². The summed E-state index contributed by atoms with van der Waals surface area (Å²) >= 11 is 0. The van der Waals surface area contributed by atoms with Crippen LogP contribution in [-0.2, 0) is 0 Å². The van der Waals surface area contributed by atoms with E-state index >= 15 is 0 Å². The highest BCUT2D eigenvalue weighted by atomic mass is 16.4. The van der Waals surface area contributed by atoms with Crippen molar-refractivity contribution in [3.8, 4) is 5.75 Å². The van der Waals surface area contributed by atoms with Gasteiger partial charge in [-0.15, -0.1) is 0 Å². The summed E-state index contributed by atoms with van der Waals surface area (Å²) < 4.78 is 0. The molecule has 1 atom stereocenters. The molecular weight excluding hydrogens is 354 g/mol. The van der Waals surface area contributed by atoms with E-state index in [1.165, 1.54) is 12.1 Å². The first-order valence-electron chi connectivity index (χ1n) is 8.71. The summed E-state index contributed by atoms with van der Waals surface area (Å²) in [7, 11) is 0. The first kappa shape index (κ1) is 17.5. The van der Waals surface area contributed by atoms with Gasteiger partial charge in [-0.05, 0) is 42.5 Å². The molecule has 28 heavy (non-hydrogen) atoms. The third-order valence-electron chi connectivity index (χ3n) is 4.52. The van der Waals surface area contributed by atoms with Crippen molar-refractivity contribution in [3.05, 3.63) is 95.9 Å². The zero-order valence-electron chi connectivity index (χ0n) is 14.8. The van der Waals surface area contributed by atoms with Gasteiger partial charge in [0.2, 0.25) is 0 Å². The number of pyridine rings is 2. The van der Waals surface area contributed by atoms with Crippen molar-refractivity contribution in [1.82, 2.24) is 9.97 Å². The van der Waals surface area contributed by atoms with Crippen molar-refractivity contribution < 1.29 is 15.0 Å². The number of carbonyl (C=O) groups is 1. The van der Waals surface area contributed by atoms with E-state index < -0.39 is 12.0 Å². The van der Waals surface area contributed by atoms with Crippen molar-refractivity contribution in [2.75, 3.05) is 5.32 Å². The van der Waals surface area contributed by atoms with Crippen LogP contribution in [0.4, 0.5) is 5.69 Å². The standard InChI is InChI=1S/C22H17N3O3/c26-21-17(11-8-14-4-3-13-24-19(14)21)20(18-5-1-2-12-23-18)25-16-9-6-15(7-10-16)22(27)28/h1-13,20,25-26H,(H,27,28). The van der Waals surface area contributed by atoms with Gasteiger partial charge in [0.05, 0.1) is 17.3 Å². The zero-order valence-corrected chi connectivity index (χ0v) is 14.8. The monoisotopic (exact) mass is 371 g/mol. The number of aromatic nitrogens is 2. The predicted molar refractivity (Wildman–Crippen MR) is 107 cm³/mol. The van der Waals surface area contributed by atoms with Crippen LogP contribution in [0.5, 0.6) is 5.75 Å². The molecular formula is C22H17N3O3. The zero-order chi connectivity index (χ0) is 19.5. The molecule has 3 N–H and O–H groups in total. The number of phenolic OH excluding ortho intramolecular Hbond substituents is 1. The van der Waals surface area contributed by atoms with Gasteiger partial charge >= 0.3 is 5.97 Å². The van der Waals surface area contributed by atoms with E-state index in [-0.39, 0.29) is 11.3 Å². The molecule has 2 aromatic carbocycles. The Morgan fingerprint density at radius 1 is 0.893 bits per heavy atom. The van der Waals surface area contributed by atoms with Gasteiger partial charge in [0, 0.05) is 29.0 Å². The highest BCUT2D eigenvalue weighted by Crippen LogP contribution is 2.35. The average molecular weight is 371 g/mol. The van der Waals surface area contributed by atoms with Crippen LogP contribution in [0.1, 0.15) is 27.7 Å². The highest BCUT2D eigenvalue weighted by Gasteiger charge is 2.21. The van der Waals surface area contributed by atoms with Gasteiger partial charge in [-0.2, -0.15) is 0 Å². The Hall–Kier alpha value is -3.93. The second-order valence-electron chi connectivity index (χ2n) is 6.29. The Morgan fingerprint density at radius 2 is 1.68 bits per heavy atom. The normalized spacial score (nSPS) is 11.9. The number of aromatic carboxylic acids is 1. The van der Waals surface area contributed by atoms with Crippen molar-refractivity contribution in [2.45, 2.75) is 6.04 Å². The summed E-state index contributed by atoms with van der Waals surface area (Å²) in [5.74, 6) is -0.894. The largest absolute Gasteiger partial charge is 0.505 e. The minimum Gasteiger partial charge on any atom is -0.505 e. The molecule has 6 heteroatoms. The summed E-state index contributed by atoms with van der Waals surface area (Å²) in [6.07, 6.45) is 3.33. The Labute approximate surface area is 161 Å². The lowest BCUT2D eigenvalue weighted by Crippen LogP contribution is -2.14. The average Bonchev–Trinajstić information content (AvgIpc) is 2.74. The predicted octanol–water partition coefficient (Wildman–Crippen LogP) is 4.24. The molecule has 2 aromatic heterocycles. The molecule has 0 saturated heterocycles. The number of nitrogens with zero attached hydrogens (tertiary/aromatic N) is 2. The van der Waals surface area contributed by atoms with Gasteiger partial charge in [-0.1, -0.05) is 24.3 Å². The molecule has 0 saturated carbocycles. The number of hydrogen-bond donors (Lipinski definition) is 3. The molecule has 0 aliphatic heterocycles. The van der Waals surface area contributed by atoms with E-state index in [1.807, 2.05) is 42.5 Å². The van der Waals surface area contributed by atoms with Crippen LogP contribution in [0.3, 0.4) is 0 Å². The lowest BCUT2D eigenvalue weighted by molar-refractivity contribution is 0.0697. The van der Waals surface area contributed by atoms with Gasteiger partial charge in [0.25, 0.3) is 0 Å². The van der Waals surface area contributed by atoms with E-state index in [0.29, 0.717) is 16.8 Å². The van der Waals surface area contributed by atoms with E-state index in [9.17, 15) is 9.90 Å². The van der Waals surface area contributed by atoms with E-state index in [1.54, 1.807) is 24.5 Å². The fraction of sp³-hybridized carbons (Fsp3) is 0.0455. The van der Waals surface area contributed by atoms with Gasteiger partial charge in [-0.25, -0.2) is 4.79 Å². The minimum atomic E-state index is -0.980. The highest BCUT2D eigenvalue weighted by molar-refractivity contribution is 5.88. The summed E-state index contributed by atoms with van der Waals surface area (Å²) in [4.78, 5) is 19.8. The molecule has 0 aliphatic carbocycles. The lowest BCUT2D eigenvalue weighted by Gasteiger charge is -2.21. The maximum Gasteiger partial charge on any atom is 0.335 e. The summed E-state index contributed by atoms with van der Waals surface area (Å²) in [5.41, 5.74) is 2.78. The number of aromatic hydroxyl groups is 1. The number of hydrogen-bond acceptors (Lipinski definition) is 5. The molecule has 0 amide bonds. The second kappa shape index (κ2) is 7.36. The van der Waals surface area contributed by atoms with Crippen molar-refractivity contribution in [2.24, 2.45) is 0 Å². The molecule has 4 aromatic rings. The third kappa shape index (κ3) is 3.35. The number of nitrogens with one attached hydrogen (secondary N) is 1. The lowest BCUT2D eigenvalue weighted by atomic mass is 9.99. The molecule has 0 bridgehead atoms. The molecule has 4 rings (SSSR count). The SMILES string of the molecule is O=C(O)c1ccc(NC(c2ccccn2)c2ccc3cccnc3c2O)cc1. The maximum atomic E-state index is 11.1. The van der Waals surface area contributed by atoms with Gasteiger partial charge < -0.3 is 15.5 Å². The van der Waals surface area contributed by atoms with Crippen molar-refractivity contribution in [3.63, 3.8) is 0 Å². The van der Waals surface area contributed by atoms with Crippen LogP contribution in [0.25, 0.3) is 10.9 Å². The Kier molecular flexibility index (Phi) is 4.60. The van der Waals surface area contributed by atoms with Gasteiger partial charge in [-0.3, -0.25) is 9.97 Å². The number of rotatable bonds is 5. The second-order valence-corrected chi connectivity index (χ2v) is 6.29. The van der Waals surface area contributed by atoms with Crippen molar-refractivity contribution >= 4 is 22.6 Å². The first-order valence-corrected chi connectivity index (χ1v) is 8.71. The van der Waals surface area contributed by atoms with Crippen LogP contribution in [0.2, 0.25) is 0 Å². The smallest absolute Gasteiger partial charge is 0.335 e. The molecule has 2 heterocycles. The number of carboxylic acid groups (broad SMARTS) is 1. The fourth-order valence-corrected chi connectivity index (χ4v) is 3.11. The quantitative estimate of drug-likeness (QED) is 0.486. The number of phenols is 1. The third-order valence-corrected chi connectivity index (χ3v) is 4.52. The number of carboxylic acids is 1. The molecule has 0 fully saturated rings. The van der Waals surface area contributed by atoms with E-state index in [0.717, 1.165) is 11.1 Å². The van der Waals surface area contributed by atoms with Gasteiger partial charge in [0.1, 0.15) is 11.3 Å². The number of benzene rings is 2. The van der Waals surface area contributed by atoms with Crippen LogP contribution < -0.4 is 5.32 Å². The molecule has 1 unspecified atom stereocenters. The maximum absolute atomic E-state index is 11.1. The fourth-order valence-electron chi connectivity index (χ4n) is 3.11. The molecule has 0 aliphatic rings. The molecule has 0 radical (unpaired) electrons. The summed E-state index contributed by atoms with van der Waals surface area (Å²) in [6.45, 7) is 0. The van der Waals surface area contributed by atoms with Crippen molar-refractivity contribution in [1.29, 1.82) is 0 Å². The van der Waals surface area contributed by atoms with E-state index in [2.05, 4.69) is 15.3 Å². The Balaban J connectivity index is 1.78. The summed E-state index contributed by atoms with van der Waals surface area (Å²) in [5, 5.41) is 24.1. The van der Waals surface area contributed by atoms with Crippen LogP contribution in [-0.4, -0.2) is 26.2 Å². The minimum absolute atomic E-state index is 0.0865. The van der Waals surface area contributed by atoms with Crippen LogP contribution >= 0.6 is 0 Å². The summed E-state index contributed by atoms with van der Waals surface area (Å²) in [6, 6.07) is 19.0. The molecule has 6 nitrogen and oxygen atoms in total. The number of anilines is 1.